The van der Waals surface area contributed by atoms with Crippen LogP contribution in [-0.4, -0.2) is 16.9 Å². The second-order valence-corrected chi connectivity index (χ2v) is 5.04. The van der Waals surface area contributed by atoms with Crippen LogP contribution < -0.4 is 0 Å². The van der Waals surface area contributed by atoms with Gasteiger partial charge in [-0.3, -0.25) is 9.59 Å². The average Bonchev–Trinajstić information content (AvgIpc) is 2.43. The van der Waals surface area contributed by atoms with Crippen molar-refractivity contribution >= 4 is 11.8 Å². The Balaban J connectivity index is 2.23. The number of carboxylic acids is 1. The SMILES string of the molecule is CC(=O)c1ccc(Cc2cc(F)c(CC(=O)O)c(F)c2)cc1. The van der Waals surface area contributed by atoms with E-state index in [1.54, 1.807) is 24.3 Å². The summed E-state index contributed by atoms with van der Waals surface area (Å²) in [6, 6.07) is 9.03. The molecule has 5 heteroatoms. The Bertz CT molecular complexity index is 698. The molecule has 0 aromatic heterocycles. The summed E-state index contributed by atoms with van der Waals surface area (Å²) in [6.07, 6.45) is -0.398. The minimum Gasteiger partial charge on any atom is -0.481 e. The molecule has 0 saturated carbocycles. The number of hydrogen-bond donors (Lipinski definition) is 1. The van der Waals surface area contributed by atoms with Crippen molar-refractivity contribution in [2.45, 2.75) is 19.8 Å². The molecule has 0 heterocycles. The molecule has 0 aliphatic heterocycles. The number of ketones is 1. The standard InChI is InChI=1S/C17H14F2O3/c1-10(20)13-4-2-11(3-5-13)6-12-7-15(18)14(9-17(21)22)16(19)8-12/h2-5,7-8H,6,9H2,1H3,(H,21,22). The highest BCUT2D eigenvalue weighted by molar-refractivity contribution is 5.94. The van der Waals surface area contributed by atoms with Gasteiger partial charge in [0, 0.05) is 11.1 Å². The number of carbonyl (C=O) groups is 2. The maximum atomic E-state index is 13.8. The van der Waals surface area contributed by atoms with Gasteiger partial charge in [-0.25, -0.2) is 8.78 Å². The Labute approximate surface area is 126 Å². The van der Waals surface area contributed by atoms with Gasteiger partial charge in [-0.15, -0.1) is 0 Å². The smallest absolute Gasteiger partial charge is 0.308 e. The van der Waals surface area contributed by atoms with E-state index in [1.807, 2.05) is 0 Å². The highest BCUT2D eigenvalue weighted by atomic mass is 19.1. The number of benzene rings is 2. The van der Waals surface area contributed by atoms with Crippen LogP contribution in [0, 0.1) is 11.6 Å². The van der Waals surface area contributed by atoms with E-state index in [-0.39, 0.29) is 5.78 Å². The van der Waals surface area contributed by atoms with Crippen molar-refractivity contribution in [1.82, 2.24) is 0 Å². The van der Waals surface area contributed by atoms with E-state index in [9.17, 15) is 18.4 Å². The molecule has 0 aliphatic rings. The van der Waals surface area contributed by atoms with Gasteiger partial charge in [0.1, 0.15) is 11.6 Å². The predicted molar refractivity (Wildman–Crippen MR) is 77.0 cm³/mol. The van der Waals surface area contributed by atoms with E-state index in [0.717, 1.165) is 17.7 Å². The van der Waals surface area contributed by atoms with Crippen molar-refractivity contribution in [3.05, 3.63) is 70.3 Å². The maximum Gasteiger partial charge on any atom is 0.308 e. The summed E-state index contributed by atoms with van der Waals surface area (Å²) in [7, 11) is 0. The van der Waals surface area contributed by atoms with Crippen molar-refractivity contribution in [3.63, 3.8) is 0 Å². The summed E-state index contributed by atoms with van der Waals surface area (Å²) in [6.45, 7) is 1.46. The van der Waals surface area contributed by atoms with Crippen LogP contribution in [-0.2, 0) is 17.6 Å². The minimum absolute atomic E-state index is 0.0540. The summed E-state index contributed by atoms with van der Waals surface area (Å²) < 4.78 is 27.6. The van der Waals surface area contributed by atoms with Crippen molar-refractivity contribution < 1.29 is 23.5 Å². The first kappa shape index (κ1) is 15.8. The van der Waals surface area contributed by atoms with E-state index in [2.05, 4.69) is 0 Å². The molecule has 0 unspecified atom stereocenters. The third-order valence-electron chi connectivity index (χ3n) is 3.30. The quantitative estimate of drug-likeness (QED) is 0.862. The fourth-order valence-corrected chi connectivity index (χ4v) is 2.17. The first-order valence-electron chi connectivity index (χ1n) is 6.65. The lowest BCUT2D eigenvalue weighted by molar-refractivity contribution is -0.136. The number of hydrogen-bond acceptors (Lipinski definition) is 2. The lowest BCUT2D eigenvalue weighted by Gasteiger charge is -2.07. The normalized spacial score (nSPS) is 10.5. The molecular formula is C17H14F2O3. The molecule has 0 bridgehead atoms. The molecule has 22 heavy (non-hydrogen) atoms. The van der Waals surface area contributed by atoms with Gasteiger partial charge in [0.2, 0.25) is 0 Å². The molecular weight excluding hydrogens is 290 g/mol. The van der Waals surface area contributed by atoms with Crippen LogP contribution in [0.5, 0.6) is 0 Å². The Morgan fingerprint density at radius 2 is 1.55 bits per heavy atom. The van der Waals surface area contributed by atoms with E-state index >= 15 is 0 Å². The second-order valence-electron chi connectivity index (χ2n) is 5.04. The Kier molecular flexibility index (Phi) is 4.65. The highest BCUT2D eigenvalue weighted by Crippen LogP contribution is 2.19. The van der Waals surface area contributed by atoms with E-state index in [4.69, 9.17) is 5.11 Å². The Morgan fingerprint density at radius 3 is 2.00 bits per heavy atom. The topological polar surface area (TPSA) is 54.4 Å². The molecule has 114 valence electrons. The summed E-state index contributed by atoms with van der Waals surface area (Å²) in [5, 5.41) is 8.63. The van der Waals surface area contributed by atoms with Crippen LogP contribution >= 0.6 is 0 Å². The van der Waals surface area contributed by atoms with E-state index in [0.29, 0.717) is 17.5 Å². The van der Waals surface area contributed by atoms with Gasteiger partial charge in [0.25, 0.3) is 0 Å². The number of rotatable bonds is 5. The van der Waals surface area contributed by atoms with Gasteiger partial charge in [-0.2, -0.15) is 0 Å². The second kappa shape index (κ2) is 6.47. The molecule has 0 atom stereocenters. The molecule has 0 amide bonds. The first-order chi connectivity index (χ1) is 10.4. The molecule has 0 fully saturated rings. The number of halogens is 2. The Morgan fingerprint density at radius 1 is 1.00 bits per heavy atom. The fourth-order valence-electron chi connectivity index (χ4n) is 2.17. The molecule has 1 N–H and O–H groups in total. The molecule has 0 radical (unpaired) electrons. The van der Waals surface area contributed by atoms with Gasteiger partial charge in [0.05, 0.1) is 6.42 Å². The lowest BCUT2D eigenvalue weighted by Crippen LogP contribution is -2.06. The van der Waals surface area contributed by atoms with Crippen LogP contribution in [0.3, 0.4) is 0 Å². The number of carbonyl (C=O) groups excluding carboxylic acids is 1. The number of aliphatic carboxylic acids is 1. The molecule has 2 aromatic rings. The molecule has 0 spiro atoms. The van der Waals surface area contributed by atoms with Crippen LogP contribution in [0.2, 0.25) is 0 Å². The van der Waals surface area contributed by atoms with Gasteiger partial charge in [-0.05, 0) is 36.6 Å². The van der Waals surface area contributed by atoms with Crippen LogP contribution in [0.4, 0.5) is 8.78 Å². The summed E-state index contributed by atoms with van der Waals surface area (Å²) in [5.74, 6) is -3.07. The zero-order chi connectivity index (χ0) is 16.3. The molecule has 0 saturated heterocycles. The van der Waals surface area contributed by atoms with Gasteiger partial charge in [0.15, 0.2) is 5.78 Å². The van der Waals surface area contributed by atoms with Crippen molar-refractivity contribution in [2.24, 2.45) is 0 Å². The Hall–Kier alpha value is -2.56. The van der Waals surface area contributed by atoms with Crippen LogP contribution in [0.15, 0.2) is 36.4 Å². The monoisotopic (exact) mass is 304 g/mol. The zero-order valence-electron chi connectivity index (χ0n) is 11.9. The lowest BCUT2D eigenvalue weighted by atomic mass is 10.00. The fraction of sp³-hybridized carbons (Fsp3) is 0.176. The summed E-state index contributed by atoms with van der Waals surface area (Å²) in [4.78, 5) is 21.8. The van der Waals surface area contributed by atoms with Gasteiger partial charge >= 0.3 is 5.97 Å². The predicted octanol–water partition coefficient (Wildman–Crippen LogP) is 3.39. The third-order valence-corrected chi connectivity index (χ3v) is 3.30. The van der Waals surface area contributed by atoms with Crippen LogP contribution in [0.25, 0.3) is 0 Å². The third kappa shape index (κ3) is 3.75. The number of Topliss-reactive ketones (excluding diaryl/α,β-unsaturated/α-hetero) is 1. The van der Waals surface area contributed by atoms with Crippen molar-refractivity contribution in [1.29, 1.82) is 0 Å². The van der Waals surface area contributed by atoms with E-state index in [1.165, 1.54) is 6.92 Å². The summed E-state index contributed by atoms with van der Waals surface area (Å²) in [5.41, 5.74) is 1.33. The maximum absolute atomic E-state index is 13.8. The first-order valence-corrected chi connectivity index (χ1v) is 6.65. The molecule has 2 rings (SSSR count). The van der Waals surface area contributed by atoms with Crippen molar-refractivity contribution in [2.75, 3.05) is 0 Å². The molecule has 0 aliphatic carbocycles. The van der Waals surface area contributed by atoms with Crippen LogP contribution in [0.1, 0.15) is 34.0 Å². The van der Waals surface area contributed by atoms with E-state index < -0.39 is 29.6 Å². The van der Waals surface area contributed by atoms with Crippen molar-refractivity contribution in [3.8, 4) is 0 Å². The average molecular weight is 304 g/mol. The van der Waals surface area contributed by atoms with Gasteiger partial charge < -0.3 is 5.11 Å². The summed E-state index contributed by atoms with van der Waals surface area (Å²) >= 11 is 0. The highest BCUT2D eigenvalue weighted by Gasteiger charge is 2.14. The van der Waals surface area contributed by atoms with Gasteiger partial charge in [-0.1, -0.05) is 24.3 Å². The number of carboxylic acid groups (broad SMARTS) is 1. The largest absolute Gasteiger partial charge is 0.481 e. The zero-order valence-corrected chi connectivity index (χ0v) is 11.9. The molecule has 3 nitrogen and oxygen atoms in total. The minimum atomic E-state index is -1.29. The molecule has 2 aromatic carbocycles.